The van der Waals surface area contributed by atoms with Gasteiger partial charge >= 0.3 is 0 Å². The fraction of sp³-hybridized carbons (Fsp3) is 0.429. The second-order valence-electron chi connectivity index (χ2n) is 5.00. The number of hydrogen-bond donors (Lipinski definition) is 2. The molecule has 7 heteroatoms. The van der Waals surface area contributed by atoms with Gasteiger partial charge in [-0.1, -0.05) is 0 Å². The number of nitrogens with one attached hydrogen (secondary N) is 2. The van der Waals surface area contributed by atoms with E-state index >= 15 is 0 Å². The molecule has 0 unspecified atom stereocenters. The van der Waals surface area contributed by atoms with Crippen LogP contribution < -0.4 is 10.6 Å². The van der Waals surface area contributed by atoms with E-state index in [1.54, 1.807) is 24.0 Å². The summed E-state index contributed by atoms with van der Waals surface area (Å²) < 4.78 is 1.61. The van der Waals surface area contributed by atoms with Gasteiger partial charge in [0.15, 0.2) is 11.5 Å². The lowest BCUT2D eigenvalue weighted by atomic mass is 10.3. The highest BCUT2D eigenvalue weighted by molar-refractivity contribution is 5.91. The largest absolute Gasteiger partial charge is 0.370 e. The van der Waals surface area contributed by atoms with Gasteiger partial charge in [0.05, 0.1) is 0 Å². The van der Waals surface area contributed by atoms with Gasteiger partial charge in [0.1, 0.15) is 11.6 Å². The summed E-state index contributed by atoms with van der Waals surface area (Å²) in [5, 5.41) is 10.0. The summed E-state index contributed by atoms with van der Waals surface area (Å²) >= 11 is 0. The first kappa shape index (κ1) is 13.5. The van der Waals surface area contributed by atoms with Gasteiger partial charge in [-0.15, -0.1) is 0 Å². The number of rotatable bonds is 5. The van der Waals surface area contributed by atoms with Crippen molar-refractivity contribution in [2.45, 2.75) is 25.7 Å². The molecule has 2 aromatic rings. The highest BCUT2D eigenvalue weighted by Crippen LogP contribution is 2.38. The second-order valence-corrected chi connectivity index (χ2v) is 5.00. The van der Waals surface area contributed by atoms with Gasteiger partial charge in [0.2, 0.25) is 0 Å². The Morgan fingerprint density at radius 1 is 1.43 bits per heavy atom. The molecular formula is C14H18N6O. The maximum atomic E-state index is 11.6. The smallest absolute Gasteiger partial charge is 0.271 e. The first-order valence-electron chi connectivity index (χ1n) is 7.12. The molecule has 2 heterocycles. The Labute approximate surface area is 122 Å². The van der Waals surface area contributed by atoms with E-state index in [0.29, 0.717) is 17.4 Å². The molecule has 0 aliphatic heterocycles. The van der Waals surface area contributed by atoms with Crippen molar-refractivity contribution >= 4 is 11.7 Å². The summed E-state index contributed by atoms with van der Waals surface area (Å²) in [5.41, 5.74) is 0.370. The Balaban J connectivity index is 1.96. The third kappa shape index (κ3) is 2.86. The van der Waals surface area contributed by atoms with E-state index in [2.05, 4.69) is 25.7 Å². The van der Waals surface area contributed by atoms with Crippen molar-refractivity contribution in [1.82, 2.24) is 25.1 Å². The zero-order chi connectivity index (χ0) is 14.8. The van der Waals surface area contributed by atoms with Gasteiger partial charge in [-0.3, -0.25) is 4.79 Å². The number of anilines is 1. The molecule has 7 nitrogen and oxygen atoms in total. The maximum Gasteiger partial charge on any atom is 0.271 e. The van der Waals surface area contributed by atoms with Crippen LogP contribution >= 0.6 is 0 Å². The maximum absolute atomic E-state index is 11.6. The number of aromatic nitrogens is 4. The van der Waals surface area contributed by atoms with E-state index in [1.165, 1.54) is 0 Å². The molecule has 21 heavy (non-hydrogen) atoms. The quantitative estimate of drug-likeness (QED) is 0.866. The minimum atomic E-state index is -0.211. The third-order valence-corrected chi connectivity index (χ3v) is 3.31. The molecule has 1 fully saturated rings. The number of nitrogens with zero attached hydrogens (tertiary/aromatic N) is 4. The van der Waals surface area contributed by atoms with E-state index in [1.807, 2.05) is 13.0 Å². The summed E-state index contributed by atoms with van der Waals surface area (Å²) in [6, 6.07) is 3.51. The Morgan fingerprint density at radius 3 is 2.90 bits per heavy atom. The van der Waals surface area contributed by atoms with Crippen LogP contribution in [-0.4, -0.2) is 39.2 Å². The lowest BCUT2D eigenvalue weighted by Gasteiger charge is -2.08. The van der Waals surface area contributed by atoms with E-state index in [-0.39, 0.29) is 5.91 Å². The van der Waals surface area contributed by atoms with Crippen LogP contribution in [0.1, 0.15) is 42.0 Å². The predicted molar refractivity (Wildman–Crippen MR) is 78.7 cm³/mol. The highest BCUT2D eigenvalue weighted by Gasteiger charge is 2.27. The summed E-state index contributed by atoms with van der Waals surface area (Å²) in [4.78, 5) is 20.7. The molecule has 0 spiro atoms. The van der Waals surface area contributed by atoms with E-state index in [9.17, 15) is 4.79 Å². The molecule has 1 saturated carbocycles. The van der Waals surface area contributed by atoms with Gasteiger partial charge in [-0.05, 0) is 25.8 Å². The van der Waals surface area contributed by atoms with Gasteiger partial charge in [0.25, 0.3) is 5.91 Å². The molecule has 1 aliphatic rings. The molecular weight excluding hydrogens is 268 g/mol. The van der Waals surface area contributed by atoms with Crippen LogP contribution in [0.5, 0.6) is 0 Å². The van der Waals surface area contributed by atoms with Crippen LogP contribution in [0.2, 0.25) is 0 Å². The van der Waals surface area contributed by atoms with Crippen LogP contribution in [0, 0.1) is 0 Å². The van der Waals surface area contributed by atoms with E-state index in [4.69, 9.17) is 0 Å². The molecule has 0 atom stereocenters. The van der Waals surface area contributed by atoms with Crippen molar-refractivity contribution in [3.8, 4) is 5.82 Å². The number of carbonyl (C=O) groups is 1. The lowest BCUT2D eigenvalue weighted by molar-refractivity contribution is 0.0957. The van der Waals surface area contributed by atoms with Gasteiger partial charge < -0.3 is 10.6 Å². The standard InChI is InChI=1S/C14H18N6O/c1-3-16-11-8-12(18-13(17-11)9-4-5-9)20-7-6-10(19-20)14(21)15-2/h6-9H,3-5H2,1-2H3,(H,15,21)(H,16,17,18). The zero-order valence-corrected chi connectivity index (χ0v) is 12.1. The first-order valence-corrected chi connectivity index (χ1v) is 7.12. The van der Waals surface area contributed by atoms with Crippen LogP contribution in [-0.2, 0) is 0 Å². The van der Waals surface area contributed by atoms with Crippen LogP contribution in [0.15, 0.2) is 18.3 Å². The van der Waals surface area contributed by atoms with Crippen LogP contribution in [0.25, 0.3) is 5.82 Å². The molecule has 110 valence electrons. The van der Waals surface area contributed by atoms with Crippen molar-refractivity contribution in [2.24, 2.45) is 0 Å². The summed E-state index contributed by atoms with van der Waals surface area (Å²) in [7, 11) is 1.58. The molecule has 0 aromatic carbocycles. The van der Waals surface area contributed by atoms with E-state index in [0.717, 1.165) is 31.0 Å². The molecule has 0 radical (unpaired) electrons. The van der Waals surface area contributed by atoms with Crippen molar-refractivity contribution in [1.29, 1.82) is 0 Å². The van der Waals surface area contributed by atoms with Crippen molar-refractivity contribution < 1.29 is 4.79 Å². The molecule has 2 aromatic heterocycles. The van der Waals surface area contributed by atoms with Gasteiger partial charge in [-0.25, -0.2) is 14.6 Å². The normalized spacial score (nSPS) is 14.0. The summed E-state index contributed by atoms with van der Waals surface area (Å²) in [5.74, 6) is 2.56. The van der Waals surface area contributed by atoms with Crippen LogP contribution in [0.4, 0.5) is 5.82 Å². The monoisotopic (exact) mass is 286 g/mol. The van der Waals surface area contributed by atoms with E-state index < -0.39 is 0 Å². The third-order valence-electron chi connectivity index (χ3n) is 3.31. The van der Waals surface area contributed by atoms with Crippen molar-refractivity contribution in [3.63, 3.8) is 0 Å². The Hall–Kier alpha value is -2.44. The number of amides is 1. The lowest BCUT2D eigenvalue weighted by Crippen LogP contribution is -2.18. The topological polar surface area (TPSA) is 84.7 Å². The highest BCUT2D eigenvalue weighted by atomic mass is 16.1. The average molecular weight is 286 g/mol. The fourth-order valence-electron chi connectivity index (χ4n) is 2.07. The predicted octanol–water partition coefficient (Wildman–Crippen LogP) is 1.33. The summed E-state index contributed by atoms with van der Waals surface area (Å²) in [6.07, 6.45) is 4.01. The van der Waals surface area contributed by atoms with Crippen molar-refractivity contribution in [2.75, 3.05) is 18.9 Å². The summed E-state index contributed by atoms with van der Waals surface area (Å²) in [6.45, 7) is 2.82. The minimum Gasteiger partial charge on any atom is -0.370 e. The molecule has 1 aliphatic carbocycles. The number of carbonyl (C=O) groups excluding carboxylic acids is 1. The van der Waals surface area contributed by atoms with Crippen molar-refractivity contribution in [3.05, 3.63) is 29.8 Å². The molecule has 1 amide bonds. The van der Waals surface area contributed by atoms with Gasteiger partial charge in [0, 0.05) is 31.8 Å². The molecule has 0 bridgehead atoms. The molecule has 0 saturated heterocycles. The SMILES string of the molecule is CCNc1cc(-n2ccc(C(=O)NC)n2)nc(C2CC2)n1. The fourth-order valence-corrected chi connectivity index (χ4v) is 2.07. The average Bonchev–Trinajstić information content (AvgIpc) is 3.23. The Bertz CT molecular complexity index is 661. The first-order chi connectivity index (χ1) is 10.2. The second kappa shape index (κ2) is 5.51. The molecule has 3 rings (SSSR count). The Morgan fingerprint density at radius 2 is 2.24 bits per heavy atom. The number of hydrogen-bond acceptors (Lipinski definition) is 5. The Kier molecular flexibility index (Phi) is 3.55. The molecule has 2 N–H and O–H groups in total. The zero-order valence-electron chi connectivity index (χ0n) is 12.1. The van der Waals surface area contributed by atoms with Gasteiger partial charge in [-0.2, -0.15) is 5.10 Å². The van der Waals surface area contributed by atoms with Crippen LogP contribution in [0.3, 0.4) is 0 Å². The minimum absolute atomic E-state index is 0.211.